The number of para-hydroxylation sites is 1. The maximum Gasteiger partial charge on any atom is 0.213 e. The molecule has 0 bridgehead atoms. The van der Waals surface area contributed by atoms with Crippen LogP contribution in [0.15, 0.2) is 47.1 Å². The normalized spacial score (nSPS) is 21.7. The van der Waals surface area contributed by atoms with Gasteiger partial charge in [-0.3, -0.25) is 9.80 Å². The largest absolute Gasteiger partial charge is 0.477 e. The minimum atomic E-state index is 0.141. The van der Waals surface area contributed by atoms with Crippen molar-refractivity contribution in [2.75, 3.05) is 44.7 Å². The van der Waals surface area contributed by atoms with Crippen LogP contribution in [0.3, 0.4) is 0 Å². The molecule has 2 aromatic heterocycles. The van der Waals surface area contributed by atoms with Gasteiger partial charge in [-0.1, -0.05) is 23.4 Å². The molecule has 2 fully saturated rings. The Morgan fingerprint density at radius 2 is 1.94 bits per heavy atom. The molecule has 0 N–H and O–H groups in total. The number of piperidine rings is 1. The highest BCUT2D eigenvalue weighted by Crippen LogP contribution is 2.31. The molecule has 7 nitrogen and oxygen atoms in total. The van der Waals surface area contributed by atoms with Gasteiger partial charge in [-0.25, -0.2) is 4.98 Å². The number of benzene rings is 1. The Kier molecular flexibility index (Phi) is 6.49. The molecule has 5 rings (SSSR count). The van der Waals surface area contributed by atoms with Crippen LogP contribution in [0.2, 0.25) is 0 Å². The van der Waals surface area contributed by atoms with E-state index in [0.29, 0.717) is 12.0 Å². The fourth-order valence-electron chi connectivity index (χ4n) is 4.99. The van der Waals surface area contributed by atoms with Gasteiger partial charge in [0.1, 0.15) is 0 Å². The average Bonchev–Trinajstić information content (AvgIpc) is 3.27. The molecule has 0 radical (unpaired) electrons. The number of nitrogens with zero attached hydrogens (tertiary/aromatic N) is 5. The molecule has 34 heavy (non-hydrogen) atoms. The Hall–Kier alpha value is -2.64. The zero-order chi connectivity index (χ0) is 23.7. The van der Waals surface area contributed by atoms with Crippen molar-refractivity contribution in [2.45, 2.75) is 51.7 Å². The van der Waals surface area contributed by atoms with Gasteiger partial charge in [0.25, 0.3) is 0 Å². The maximum absolute atomic E-state index is 6.10. The molecule has 0 unspecified atom stereocenters. The van der Waals surface area contributed by atoms with Crippen LogP contribution in [0, 0.1) is 5.92 Å². The first kappa shape index (κ1) is 23.1. The van der Waals surface area contributed by atoms with Gasteiger partial charge < -0.3 is 14.2 Å². The highest BCUT2D eigenvalue weighted by Gasteiger charge is 2.34. The Balaban J connectivity index is 1.11. The topological polar surface area (TPSA) is 57.9 Å². The monoisotopic (exact) mass is 463 g/mol. The number of anilines is 1. The van der Waals surface area contributed by atoms with Gasteiger partial charge in [0.05, 0.1) is 12.0 Å². The van der Waals surface area contributed by atoms with Crippen LogP contribution in [-0.2, 0) is 6.54 Å². The van der Waals surface area contributed by atoms with Crippen molar-refractivity contribution in [3.05, 3.63) is 48.2 Å². The summed E-state index contributed by atoms with van der Waals surface area (Å²) in [7, 11) is 2.15. The van der Waals surface area contributed by atoms with Crippen LogP contribution in [0.1, 0.15) is 39.2 Å². The molecule has 0 amide bonds. The fourth-order valence-corrected chi connectivity index (χ4v) is 4.99. The van der Waals surface area contributed by atoms with E-state index in [2.05, 4.69) is 70.9 Å². The van der Waals surface area contributed by atoms with E-state index in [9.17, 15) is 0 Å². The Labute approximate surface area is 202 Å². The lowest BCUT2D eigenvalue weighted by atomic mass is 9.91. The minimum Gasteiger partial charge on any atom is -0.477 e. The minimum absolute atomic E-state index is 0.141. The molecule has 4 heterocycles. The Bertz CT molecular complexity index is 1090. The Morgan fingerprint density at radius 1 is 1.09 bits per heavy atom. The van der Waals surface area contributed by atoms with Gasteiger partial charge in [-0.05, 0) is 58.4 Å². The number of rotatable bonds is 6. The van der Waals surface area contributed by atoms with Crippen LogP contribution < -0.4 is 9.64 Å². The number of ether oxygens (including phenoxy) is 1. The number of fused-ring (bicyclic) bond motifs is 2. The van der Waals surface area contributed by atoms with Crippen molar-refractivity contribution in [1.82, 2.24) is 19.9 Å². The van der Waals surface area contributed by atoms with E-state index in [0.717, 1.165) is 62.0 Å². The molecule has 2 aliphatic rings. The summed E-state index contributed by atoms with van der Waals surface area (Å²) in [6.07, 6.45) is 4.32. The van der Waals surface area contributed by atoms with Gasteiger partial charge >= 0.3 is 0 Å². The van der Waals surface area contributed by atoms with E-state index in [1.807, 2.05) is 24.4 Å². The number of hydrogen-bond acceptors (Lipinski definition) is 7. The number of piperazine rings is 1. The number of pyridine rings is 1. The molecule has 3 aromatic rings. The summed E-state index contributed by atoms with van der Waals surface area (Å²) in [6, 6.07) is 12.8. The Morgan fingerprint density at radius 3 is 2.74 bits per heavy atom. The van der Waals surface area contributed by atoms with E-state index in [4.69, 9.17) is 9.26 Å². The van der Waals surface area contributed by atoms with Gasteiger partial charge in [0.15, 0.2) is 11.4 Å². The average molecular weight is 464 g/mol. The van der Waals surface area contributed by atoms with E-state index < -0.39 is 0 Å². The second kappa shape index (κ2) is 9.55. The summed E-state index contributed by atoms with van der Waals surface area (Å²) in [4.78, 5) is 11.9. The predicted octanol–water partition coefficient (Wildman–Crippen LogP) is 4.43. The van der Waals surface area contributed by atoms with Crippen LogP contribution in [-0.4, -0.2) is 71.4 Å². The third kappa shape index (κ3) is 5.05. The molecule has 2 aliphatic heterocycles. The van der Waals surface area contributed by atoms with Crippen molar-refractivity contribution < 1.29 is 9.26 Å². The van der Waals surface area contributed by atoms with Crippen molar-refractivity contribution in [3.8, 4) is 5.88 Å². The fraction of sp³-hybridized carbons (Fsp3) is 0.556. The summed E-state index contributed by atoms with van der Waals surface area (Å²) in [6.45, 7) is 12.4. The van der Waals surface area contributed by atoms with Gasteiger partial charge in [-0.15, -0.1) is 0 Å². The zero-order valence-electron chi connectivity index (χ0n) is 20.9. The molecular weight excluding hydrogens is 426 g/mol. The highest BCUT2D eigenvalue weighted by molar-refractivity contribution is 5.88. The lowest BCUT2D eigenvalue weighted by molar-refractivity contribution is 0.0716. The third-order valence-corrected chi connectivity index (χ3v) is 7.49. The molecule has 1 aromatic carbocycles. The number of hydrogen-bond donors (Lipinski definition) is 0. The molecule has 0 saturated carbocycles. The second-order valence-corrected chi connectivity index (χ2v) is 10.9. The standard InChI is InChI=1S/C27H37N5O2/c1-27(2,3)30(4)16-20-10-12-25(28-15-20)33-19-21-9-11-22-18-32(14-13-31(22)17-21)26-23-7-5-6-8-24(23)34-29-26/h5-8,10,12,15,21-22H,9,11,13-14,16-19H2,1-4H3/t21-,22-/m1/s1. The maximum atomic E-state index is 6.10. The SMILES string of the molecule is CN(Cc1ccc(OC[C@@H]2CC[C@@H]3CN(c4noc5ccccc45)CCN3C2)nc1)C(C)(C)C. The van der Waals surface area contributed by atoms with Crippen molar-refractivity contribution in [2.24, 2.45) is 5.92 Å². The van der Waals surface area contributed by atoms with Gasteiger partial charge in [0, 0.05) is 62.5 Å². The van der Waals surface area contributed by atoms with Crippen molar-refractivity contribution >= 4 is 16.8 Å². The smallest absolute Gasteiger partial charge is 0.213 e. The molecule has 7 heteroatoms. The van der Waals surface area contributed by atoms with Crippen molar-refractivity contribution in [3.63, 3.8) is 0 Å². The summed E-state index contributed by atoms with van der Waals surface area (Å²) < 4.78 is 11.6. The summed E-state index contributed by atoms with van der Waals surface area (Å²) in [5.41, 5.74) is 2.22. The van der Waals surface area contributed by atoms with Crippen LogP contribution >= 0.6 is 0 Å². The van der Waals surface area contributed by atoms with Gasteiger partial charge in [0.2, 0.25) is 5.88 Å². The number of aromatic nitrogens is 2. The summed E-state index contributed by atoms with van der Waals surface area (Å²) in [5, 5.41) is 5.48. The second-order valence-electron chi connectivity index (χ2n) is 10.9. The summed E-state index contributed by atoms with van der Waals surface area (Å²) in [5.74, 6) is 2.26. The molecule has 182 valence electrons. The first-order valence-electron chi connectivity index (χ1n) is 12.5. The van der Waals surface area contributed by atoms with E-state index in [-0.39, 0.29) is 5.54 Å². The molecule has 0 aliphatic carbocycles. The first-order chi connectivity index (χ1) is 16.4. The van der Waals surface area contributed by atoms with Crippen LogP contribution in [0.5, 0.6) is 5.88 Å². The predicted molar refractivity (Wildman–Crippen MR) is 135 cm³/mol. The van der Waals surface area contributed by atoms with Crippen molar-refractivity contribution in [1.29, 1.82) is 0 Å². The molecule has 0 spiro atoms. The lowest BCUT2D eigenvalue weighted by Crippen LogP contribution is -2.57. The lowest BCUT2D eigenvalue weighted by Gasteiger charge is -2.46. The zero-order valence-corrected chi connectivity index (χ0v) is 20.9. The van der Waals surface area contributed by atoms with E-state index in [1.165, 1.54) is 18.4 Å². The first-order valence-corrected chi connectivity index (χ1v) is 12.5. The van der Waals surface area contributed by atoms with Gasteiger partial charge in [-0.2, -0.15) is 0 Å². The molecule has 2 atom stereocenters. The van der Waals surface area contributed by atoms with Crippen LogP contribution in [0.4, 0.5) is 5.82 Å². The van der Waals surface area contributed by atoms with E-state index >= 15 is 0 Å². The highest BCUT2D eigenvalue weighted by atomic mass is 16.5. The molecule has 2 saturated heterocycles. The van der Waals surface area contributed by atoms with E-state index in [1.54, 1.807) is 0 Å². The third-order valence-electron chi connectivity index (χ3n) is 7.49. The quantitative estimate of drug-likeness (QED) is 0.536. The van der Waals surface area contributed by atoms with Crippen LogP contribution in [0.25, 0.3) is 11.0 Å². The summed E-state index contributed by atoms with van der Waals surface area (Å²) >= 11 is 0. The molecular formula is C27H37N5O2.